The van der Waals surface area contributed by atoms with Crippen LogP contribution in [0.15, 0.2) is 29.2 Å². The number of hydrogen-bond donors (Lipinski definition) is 1. The molecule has 1 N–H and O–H groups in total. The first-order valence-electron chi connectivity index (χ1n) is 9.22. The van der Waals surface area contributed by atoms with E-state index >= 15 is 0 Å². The van der Waals surface area contributed by atoms with Crippen molar-refractivity contribution in [3.8, 4) is 10.4 Å². The highest BCUT2D eigenvalue weighted by Crippen LogP contribution is 2.43. The number of fused-ring (bicyclic) bond motifs is 3. The quantitative estimate of drug-likeness (QED) is 0.746. The number of carbonyl (C=O) groups is 1. The predicted octanol–water partition coefficient (Wildman–Crippen LogP) is 4.91. The molecule has 1 aliphatic heterocycles. The van der Waals surface area contributed by atoms with E-state index in [1.54, 1.807) is 18.2 Å². The summed E-state index contributed by atoms with van der Waals surface area (Å²) in [4.78, 5) is 14.5. The highest BCUT2D eigenvalue weighted by Gasteiger charge is 2.32. The Labute approximate surface area is 168 Å². The highest BCUT2D eigenvalue weighted by atomic mass is 35.5. The molecule has 27 heavy (non-hydrogen) atoms. The van der Waals surface area contributed by atoms with Crippen molar-refractivity contribution in [1.82, 2.24) is 5.32 Å². The molecule has 144 valence electrons. The Morgan fingerprint density at radius 3 is 2.78 bits per heavy atom. The second-order valence-corrected chi connectivity index (χ2v) is 11.2. The molecule has 1 aliphatic carbocycles. The van der Waals surface area contributed by atoms with Gasteiger partial charge in [0.25, 0.3) is 5.91 Å². The Balaban J connectivity index is 1.65. The third-order valence-corrected chi connectivity index (χ3v) is 9.07. The van der Waals surface area contributed by atoms with E-state index in [0.29, 0.717) is 32.9 Å². The summed E-state index contributed by atoms with van der Waals surface area (Å²) >= 11 is 7.36. The van der Waals surface area contributed by atoms with Crippen LogP contribution in [-0.2, 0) is 15.6 Å². The van der Waals surface area contributed by atoms with E-state index in [0.717, 1.165) is 17.7 Å². The van der Waals surface area contributed by atoms with Crippen molar-refractivity contribution >= 4 is 38.7 Å². The molecule has 3 unspecified atom stereocenters. The highest BCUT2D eigenvalue weighted by molar-refractivity contribution is 7.91. The van der Waals surface area contributed by atoms with E-state index in [-0.39, 0.29) is 22.6 Å². The average Bonchev–Trinajstić information content (AvgIpc) is 3.02. The molecule has 0 radical (unpaired) electrons. The Hall–Kier alpha value is -1.37. The Bertz CT molecular complexity index is 1010. The second-order valence-electron chi connectivity index (χ2n) is 7.71. The van der Waals surface area contributed by atoms with Crippen molar-refractivity contribution in [3.05, 3.63) is 39.7 Å². The summed E-state index contributed by atoms with van der Waals surface area (Å²) in [5.41, 5.74) is 1.34. The maximum atomic E-state index is 12.8. The summed E-state index contributed by atoms with van der Waals surface area (Å²) in [7, 11) is -3.44. The summed E-state index contributed by atoms with van der Waals surface area (Å²) in [6, 6.07) is 6.84. The van der Waals surface area contributed by atoms with Crippen LogP contribution in [0.2, 0.25) is 5.02 Å². The number of hydrogen-bond acceptors (Lipinski definition) is 4. The third-order valence-electron chi connectivity index (χ3n) is 5.92. The maximum absolute atomic E-state index is 12.8. The van der Waals surface area contributed by atoms with Crippen LogP contribution in [0.4, 0.5) is 0 Å². The molecule has 1 aromatic carbocycles. The van der Waals surface area contributed by atoms with Crippen LogP contribution >= 0.6 is 22.9 Å². The van der Waals surface area contributed by atoms with Gasteiger partial charge in [0, 0.05) is 21.5 Å². The normalized spacial score (nSPS) is 26.1. The van der Waals surface area contributed by atoms with E-state index in [4.69, 9.17) is 11.6 Å². The molecule has 3 atom stereocenters. The second kappa shape index (κ2) is 6.90. The van der Waals surface area contributed by atoms with Crippen LogP contribution in [0.1, 0.15) is 48.3 Å². The number of nitrogens with one attached hydrogen (secondary N) is 1. The Kier molecular flexibility index (Phi) is 4.85. The van der Waals surface area contributed by atoms with Gasteiger partial charge < -0.3 is 5.32 Å². The average molecular weight is 424 g/mol. The largest absolute Gasteiger partial charge is 0.348 e. The minimum atomic E-state index is -3.44. The van der Waals surface area contributed by atoms with Crippen molar-refractivity contribution in [2.75, 3.05) is 0 Å². The molecule has 0 spiro atoms. The van der Waals surface area contributed by atoms with Crippen molar-refractivity contribution in [1.29, 1.82) is 0 Å². The van der Waals surface area contributed by atoms with Gasteiger partial charge in [0.15, 0.2) is 9.84 Å². The smallest absolute Gasteiger partial charge is 0.261 e. The summed E-state index contributed by atoms with van der Waals surface area (Å²) in [5, 5.41) is 3.58. The number of sulfone groups is 1. The van der Waals surface area contributed by atoms with Crippen molar-refractivity contribution in [2.45, 2.75) is 49.8 Å². The zero-order chi connectivity index (χ0) is 19.3. The van der Waals surface area contributed by atoms with Crippen LogP contribution < -0.4 is 5.32 Å². The van der Waals surface area contributed by atoms with Crippen LogP contribution in [0.3, 0.4) is 0 Å². The van der Waals surface area contributed by atoms with Crippen molar-refractivity contribution in [3.63, 3.8) is 0 Å². The van der Waals surface area contributed by atoms with Gasteiger partial charge in [-0.25, -0.2) is 8.42 Å². The minimum Gasteiger partial charge on any atom is -0.348 e. The van der Waals surface area contributed by atoms with E-state index in [2.05, 4.69) is 19.2 Å². The van der Waals surface area contributed by atoms with Crippen LogP contribution in [-0.4, -0.2) is 20.4 Å². The van der Waals surface area contributed by atoms with Gasteiger partial charge in [-0.3, -0.25) is 4.79 Å². The first-order valence-corrected chi connectivity index (χ1v) is 12.1. The van der Waals surface area contributed by atoms with E-state index < -0.39 is 9.84 Å². The van der Waals surface area contributed by atoms with Gasteiger partial charge in [-0.2, -0.15) is 0 Å². The van der Waals surface area contributed by atoms with E-state index in [9.17, 15) is 13.2 Å². The summed E-state index contributed by atoms with van der Waals surface area (Å²) in [6.07, 6.45) is 3.33. The van der Waals surface area contributed by atoms with Gasteiger partial charge in [0.1, 0.15) is 0 Å². The number of rotatable bonds is 2. The first kappa shape index (κ1) is 19.0. The molecular formula is C20H22ClNO3S2. The minimum absolute atomic E-state index is 0.0870. The molecule has 1 aromatic heterocycles. The van der Waals surface area contributed by atoms with Crippen molar-refractivity contribution < 1.29 is 13.2 Å². The Morgan fingerprint density at radius 1 is 1.22 bits per heavy atom. The van der Waals surface area contributed by atoms with Gasteiger partial charge >= 0.3 is 0 Å². The molecular weight excluding hydrogens is 402 g/mol. The van der Waals surface area contributed by atoms with Crippen LogP contribution in [0, 0.1) is 11.8 Å². The van der Waals surface area contributed by atoms with Gasteiger partial charge in [-0.1, -0.05) is 44.4 Å². The molecule has 1 saturated carbocycles. The SMILES string of the molecule is CC1CCCC(NC(=O)c2cc3c(s2)-c2ccc(Cl)cc2S(=O)(=O)C3)C1C. The molecule has 4 rings (SSSR count). The first-order chi connectivity index (χ1) is 12.8. The zero-order valence-electron chi connectivity index (χ0n) is 15.3. The molecule has 2 heterocycles. The molecule has 4 nitrogen and oxygen atoms in total. The number of halogens is 1. The molecule has 2 aromatic rings. The van der Waals surface area contributed by atoms with Gasteiger partial charge in [-0.05, 0) is 42.0 Å². The lowest BCUT2D eigenvalue weighted by Gasteiger charge is -2.34. The van der Waals surface area contributed by atoms with E-state index in [1.165, 1.54) is 23.8 Å². The summed E-state index contributed by atoms with van der Waals surface area (Å²) in [6.45, 7) is 4.43. The van der Waals surface area contributed by atoms with Gasteiger partial charge in [0.2, 0.25) is 0 Å². The lowest BCUT2D eigenvalue weighted by Crippen LogP contribution is -2.43. The lowest BCUT2D eigenvalue weighted by atomic mass is 9.78. The topological polar surface area (TPSA) is 63.2 Å². The monoisotopic (exact) mass is 423 g/mol. The summed E-state index contributed by atoms with van der Waals surface area (Å²) in [5.74, 6) is 0.854. The van der Waals surface area contributed by atoms with Crippen molar-refractivity contribution in [2.24, 2.45) is 11.8 Å². The number of thiophene rings is 1. The molecule has 1 fully saturated rings. The molecule has 2 aliphatic rings. The summed E-state index contributed by atoms with van der Waals surface area (Å²) < 4.78 is 25.2. The fourth-order valence-corrected chi connectivity index (χ4v) is 7.24. The lowest BCUT2D eigenvalue weighted by molar-refractivity contribution is 0.0895. The zero-order valence-corrected chi connectivity index (χ0v) is 17.7. The molecule has 1 amide bonds. The predicted molar refractivity (Wildman–Crippen MR) is 109 cm³/mol. The number of carbonyl (C=O) groups excluding carboxylic acids is 1. The Morgan fingerprint density at radius 2 is 2.00 bits per heavy atom. The number of amides is 1. The third kappa shape index (κ3) is 3.43. The molecule has 0 bridgehead atoms. The standard InChI is InChI=1S/C20H22ClNO3S2/c1-11-4-3-5-16(12(11)2)22-20(23)17-8-13-10-27(24,25)18-9-14(21)6-7-15(18)19(13)26-17/h6-9,11-12,16H,3-5,10H2,1-2H3,(H,22,23). The fraction of sp³-hybridized carbons (Fsp3) is 0.450. The fourth-order valence-electron chi connectivity index (χ4n) is 4.12. The van der Waals surface area contributed by atoms with Crippen LogP contribution in [0.5, 0.6) is 0 Å². The van der Waals surface area contributed by atoms with E-state index in [1.807, 2.05) is 0 Å². The molecule has 7 heteroatoms. The number of benzene rings is 1. The maximum Gasteiger partial charge on any atom is 0.261 e. The molecule has 0 saturated heterocycles. The van der Waals surface area contributed by atoms with Gasteiger partial charge in [-0.15, -0.1) is 11.3 Å². The van der Waals surface area contributed by atoms with Crippen LogP contribution in [0.25, 0.3) is 10.4 Å². The van der Waals surface area contributed by atoms with Gasteiger partial charge in [0.05, 0.1) is 15.5 Å².